The summed E-state index contributed by atoms with van der Waals surface area (Å²) in [4.78, 5) is 11.8. The van der Waals surface area contributed by atoms with Gasteiger partial charge in [0.15, 0.2) is 0 Å². The average molecular weight is 248 g/mol. The van der Waals surface area contributed by atoms with Crippen LogP contribution in [0.3, 0.4) is 0 Å². The lowest BCUT2D eigenvalue weighted by molar-refractivity contribution is 0.102. The van der Waals surface area contributed by atoms with Crippen molar-refractivity contribution in [3.8, 4) is 0 Å². The summed E-state index contributed by atoms with van der Waals surface area (Å²) in [5, 5.41) is 11.8. The van der Waals surface area contributed by atoms with Gasteiger partial charge in [-0.1, -0.05) is 29.5 Å². The lowest BCUT2D eigenvalue weighted by atomic mass is 10.2. The molecule has 0 aliphatic heterocycles. The van der Waals surface area contributed by atoms with Crippen molar-refractivity contribution >= 4 is 22.4 Å². The maximum Gasteiger partial charge on any atom is 0.257 e. The van der Waals surface area contributed by atoms with Crippen LogP contribution in [-0.4, -0.2) is 22.6 Å². The van der Waals surface area contributed by atoms with Crippen molar-refractivity contribution in [1.82, 2.24) is 10.2 Å². The van der Waals surface area contributed by atoms with E-state index in [9.17, 15) is 4.79 Å². The van der Waals surface area contributed by atoms with E-state index in [1.165, 1.54) is 11.3 Å². The molecule has 2 rings (SSSR count). The molecular formula is C11H12N4OS. The van der Waals surface area contributed by atoms with Crippen LogP contribution in [0.5, 0.6) is 0 Å². The molecule has 0 spiro atoms. The number of hydrogen-bond acceptors (Lipinski definition) is 5. The molecule has 0 unspecified atom stereocenters. The second-order valence-electron chi connectivity index (χ2n) is 3.36. The zero-order valence-electron chi connectivity index (χ0n) is 9.09. The largest absolute Gasteiger partial charge is 0.330 e. The molecule has 5 nitrogen and oxygen atoms in total. The zero-order valence-corrected chi connectivity index (χ0v) is 9.91. The maximum atomic E-state index is 11.8. The quantitative estimate of drug-likeness (QED) is 0.854. The van der Waals surface area contributed by atoms with Gasteiger partial charge in [0.25, 0.3) is 5.91 Å². The molecule has 6 heteroatoms. The molecule has 0 aliphatic rings. The van der Waals surface area contributed by atoms with Gasteiger partial charge in [0, 0.05) is 12.0 Å². The number of aromatic nitrogens is 2. The van der Waals surface area contributed by atoms with Gasteiger partial charge in [0.2, 0.25) is 5.13 Å². The van der Waals surface area contributed by atoms with Gasteiger partial charge >= 0.3 is 0 Å². The van der Waals surface area contributed by atoms with Crippen LogP contribution >= 0.6 is 11.3 Å². The Bertz CT molecular complexity index is 497. The highest BCUT2D eigenvalue weighted by Gasteiger charge is 2.09. The molecule has 17 heavy (non-hydrogen) atoms. The summed E-state index contributed by atoms with van der Waals surface area (Å²) in [5.41, 5.74) is 6.01. The number of nitrogens with two attached hydrogens (primary N) is 1. The number of carbonyl (C=O) groups excluding carboxylic acids is 1. The first kappa shape index (κ1) is 11.7. The number of hydrogen-bond donors (Lipinski definition) is 2. The predicted molar refractivity (Wildman–Crippen MR) is 67.1 cm³/mol. The smallest absolute Gasteiger partial charge is 0.257 e. The highest BCUT2D eigenvalue weighted by Crippen LogP contribution is 2.16. The molecule has 0 bridgehead atoms. The molecule has 1 aromatic carbocycles. The molecular weight excluding hydrogens is 236 g/mol. The SMILES string of the molecule is NCCc1nnc(NC(=O)c2ccccc2)s1. The Balaban J connectivity index is 2.03. The number of nitrogens with one attached hydrogen (secondary N) is 1. The van der Waals surface area contributed by atoms with Crippen LogP contribution in [0.1, 0.15) is 15.4 Å². The van der Waals surface area contributed by atoms with Crippen LogP contribution in [0, 0.1) is 0 Å². The van der Waals surface area contributed by atoms with Gasteiger partial charge in [-0.15, -0.1) is 10.2 Å². The van der Waals surface area contributed by atoms with E-state index in [0.29, 0.717) is 23.7 Å². The molecule has 1 amide bonds. The van der Waals surface area contributed by atoms with Gasteiger partial charge in [-0.2, -0.15) is 0 Å². The lowest BCUT2D eigenvalue weighted by Gasteiger charge is -1.99. The molecule has 0 saturated heterocycles. The van der Waals surface area contributed by atoms with Gasteiger partial charge in [-0.25, -0.2) is 0 Å². The predicted octanol–water partition coefficient (Wildman–Crippen LogP) is 1.29. The summed E-state index contributed by atoms with van der Waals surface area (Å²) in [6.07, 6.45) is 0.679. The van der Waals surface area contributed by atoms with E-state index in [-0.39, 0.29) is 5.91 Å². The maximum absolute atomic E-state index is 11.8. The molecule has 0 saturated carbocycles. The van der Waals surface area contributed by atoms with E-state index in [2.05, 4.69) is 15.5 Å². The second kappa shape index (κ2) is 5.51. The van der Waals surface area contributed by atoms with E-state index in [0.717, 1.165) is 5.01 Å². The fraction of sp³-hybridized carbons (Fsp3) is 0.182. The summed E-state index contributed by atoms with van der Waals surface area (Å²) in [5.74, 6) is -0.180. The first-order valence-corrected chi connectivity index (χ1v) is 6.00. The third-order valence-corrected chi connectivity index (χ3v) is 2.98. The molecule has 1 heterocycles. The number of nitrogens with zero attached hydrogens (tertiary/aromatic N) is 2. The van der Waals surface area contributed by atoms with Crippen LogP contribution in [-0.2, 0) is 6.42 Å². The monoisotopic (exact) mass is 248 g/mol. The molecule has 1 aromatic heterocycles. The van der Waals surface area contributed by atoms with Crippen molar-refractivity contribution in [2.75, 3.05) is 11.9 Å². The second-order valence-corrected chi connectivity index (χ2v) is 4.42. The number of carbonyl (C=O) groups is 1. The topological polar surface area (TPSA) is 80.9 Å². The molecule has 0 atom stereocenters. The van der Waals surface area contributed by atoms with Gasteiger partial charge in [-0.3, -0.25) is 10.1 Å². The van der Waals surface area contributed by atoms with E-state index in [1.807, 2.05) is 18.2 Å². The molecule has 0 aliphatic carbocycles. The highest BCUT2D eigenvalue weighted by molar-refractivity contribution is 7.15. The van der Waals surface area contributed by atoms with Crippen LogP contribution in [0.4, 0.5) is 5.13 Å². The van der Waals surface area contributed by atoms with Gasteiger partial charge in [-0.05, 0) is 18.7 Å². The Hall–Kier alpha value is -1.79. The van der Waals surface area contributed by atoms with Crippen molar-refractivity contribution in [3.05, 3.63) is 40.9 Å². The number of benzene rings is 1. The minimum atomic E-state index is -0.180. The van der Waals surface area contributed by atoms with E-state index in [4.69, 9.17) is 5.73 Å². The van der Waals surface area contributed by atoms with Crippen molar-refractivity contribution in [2.24, 2.45) is 5.73 Å². The first-order valence-electron chi connectivity index (χ1n) is 5.18. The molecule has 88 valence electrons. The number of rotatable bonds is 4. The Morgan fingerprint density at radius 3 is 2.76 bits per heavy atom. The van der Waals surface area contributed by atoms with Crippen LogP contribution in [0.25, 0.3) is 0 Å². The summed E-state index contributed by atoms with van der Waals surface area (Å²) >= 11 is 1.35. The Morgan fingerprint density at radius 2 is 2.06 bits per heavy atom. The number of anilines is 1. The van der Waals surface area contributed by atoms with E-state index >= 15 is 0 Å². The van der Waals surface area contributed by atoms with Crippen molar-refractivity contribution < 1.29 is 4.79 Å². The minimum absolute atomic E-state index is 0.180. The fourth-order valence-corrected chi connectivity index (χ4v) is 2.04. The lowest BCUT2D eigenvalue weighted by Crippen LogP contribution is -2.11. The van der Waals surface area contributed by atoms with E-state index < -0.39 is 0 Å². The molecule has 0 fully saturated rings. The molecule has 3 N–H and O–H groups in total. The van der Waals surface area contributed by atoms with Crippen LogP contribution < -0.4 is 11.1 Å². The minimum Gasteiger partial charge on any atom is -0.330 e. The third-order valence-electron chi connectivity index (χ3n) is 2.08. The van der Waals surface area contributed by atoms with Gasteiger partial charge in [0.05, 0.1) is 0 Å². The van der Waals surface area contributed by atoms with Crippen molar-refractivity contribution in [1.29, 1.82) is 0 Å². The summed E-state index contributed by atoms with van der Waals surface area (Å²) in [6, 6.07) is 8.99. The normalized spacial score (nSPS) is 10.2. The van der Waals surface area contributed by atoms with Crippen molar-refractivity contribution in [3.63, 3.8) is 0 Å². The fourth-order valence-electron chi connectivity index (χ4n) is 1.29. The van der Waals surface area contributed by atoms with Crippen molar-refractivity contribution in [2.45, 2.75) is 6.42 Å². The average Bonchev–Trinajstić information content (AvgIpc) is 2.78. The van der Waals surface area contributed by atoms with Gasteiger partial charge < -0.3 is 5.73 Å². The zero-order chi connectivity index (χ0) is 12.1. The standard InChI is InChI=1S/C11H12N4OS/c12-7-6-9-14-15-11(17-9)13-10(16)8-4-2-1-3-5-8/h1-5H,6-7,12H2,(H,13,15,16). The van der Waals surface area contributed by atoms with Crippen LogP contribution in [0.15, 0.2) is 30.3 Å². The third kappa shape index (κ3) is 3.08. The Kier molecular flexibility index (Phi) is 3.79. The summed E-state index contributed by atoms with van der Waals surface area (Å²) in [6.45, 7) is 0.529. The number of amides is 1. The Labute approximate surface area is 103 Å². The summed E-state index contributed by atoms with van der Waals surface area (Å²) < 4.78 is 0. The molecule has 0 radical (unpaired) electrons. The summed E-state index contributed by atoms with van der Waals surface area (Å²) in [7, 11) is 0. The van der Waals surface area contributed by atoms with Gasteiger partial charge in [0.1, 0.15) is 5.01 Å². The molecule has 2 aromatic rings. The van der Waals surface area contributed by atoms with Crippen LogP contribution in [0.2, 0.25) is 0 Å². The highest BCUT2D eigenvalue weighted by atomic mass is 32.1. The van der Waals surface area contributed by atoms with E-state index in [1.54, 1.807) is 12.1 Å². The Morgan fingerprint density at radius 1 is 1.29 bits per heavy atom. The first-order chi connectivity index (χ1) is 8.29.